The number of rotatable bonds is 4. The first kappa shape index (κ1) is 18.0. The molecule has 0 radical (unpaired) electrons. The van der Waals surface area contributed by atoms with Gasteiger partial charge in [0, 0.05) is 0 Å². The fraction of sp³-hybridized carbons (Fsp3) is 0.0667. The molecule has 0 aliphatic rings. The molecule has 0 aliphatic heterocycles. The van der Waals surface area contributed by atoms with Crippen molar-refractivity contribution < 1.29 is 33.0 Å². The molecule has 0 saturated heterocycles. The van der Waals surface area contributed by atoms with Crippen LogP contribution in [0.5, 0.6) is 0 Å². The average molecular weight is 379 g/mol. The van der Waals surface area contributed by atoms with E-state index in [1.165, 1.54) is 18.5 Å². The largest absolute Gasteiger partial charge is 0.478 e. The molecule has 3 rings (SSSR count). The van der Waals surface area contributed by atoms with E-state index in [9.17, 15) is 22.8 Å². The number of aromatic carboxylic acids is 2. The molecule has 27 heavy (non-hydrogen) atoms. The number of nitrogens with zero attached hydrogens (tertiary/aromatic N) is 4. The number of carbonyl (C=O) groups is 2. The molecule has 3 N–H and O–H groups in total. The third kappa shape index (κ3) is 3.58. The van der Waals surface area contributed by atoms with Crippen LogP contribution < -0.4 is 0 Å². The van der Waals surface area contributed by atoms with Crippen molar-refractivity contribution >= 4 is 11.9 Å². The Labute approximate surface area is 147 Å². The minimum Gasteiger partial charge on any atom is -0.478 e. The minimum atomic E-state index is -4.63. The lowest BCUT2D eigenvalue weighted by Gasteiger charge is -2.05. The molecule has 0 aromatic carbocycles. The van der Waals surface area contributed by atoms with Crippen LogP contribution in [-0.4, -0.2) is 47.3 Å². The Hall–Kier alpha value is -3.83. The first-order valence-electron chi connectivity index (χ1n) is 7.10. The lowest BCUT2D eigenvalue weighted by Crippen LogP contribution is -2.11. The van der Waals surface area contributed by atoms with Crippen molar-refractivity contribution in [1.82, 2.24) is 25.1 Å². The second-order valence-electron chi connectivity index (χ2n) is 5.16. The third-order valence-corrected chi connectivity index (χ3v) is 3.37. The molecule has 3 heterocycles. The summed E-state index contributed by atoms with van der Waals surface area (Å²) in [5.41, 5.74) is -2.38. The van der Waals surface area contributed by atoms with Crippen LogP contribution in [-0.2, 0) is 6.18 Å². The zero-order valence-electron chi connectivity index (χ0n) is 13.0. The van der Waals surface area contributed by atoms with Crippen molar-refractivity contribution in [2.75, 3.05) is 0 Å². The number of H-pyrrole nitrogens is 1. The molecule has 9 nitrogen and oxygen atoms in total. The molecule has 12 heteroatoms. The summed E-state index contributed by atoms with van der Waals surface area (Å²) in [6.45, 7) is 0. The summed E-state index contributed by atoms with van der Waals surface area (Å²) in [7, 11) is 0. The van der Waals surface area contributed by atoms with Crippen molar-refractivity contribution in [3.8, 4) is 22.8 Å². The molecule has 0 atom stereocenters. The summed E-state index contributed by atoms with van der Waals surface area (Å²) in [5.74, 6) is -3.02. The smallest absolute Gasteiger partial charge is 0.435 e. The molecule has 0 fully saturated rings. The van der Waals surface area contributed by atoms with E-state index < -0.39 is 35.1 Å². The SMILES string of the molecule is O=C(O)c1ccc(-c2cncc(-c3cc(C(F)(F)F)n[nH]3)n2)nc1C(=O)O. The number of carboxylic acid groups (broad SMARTS) is 2. The van der Waals surface area contributed by atoms with Crippen LogP contribution in [0.3, 0.4) is 0 Å². The topological polar surface area (TPSA) is 142 Å². The highest BCUT2D eigenvalue weighted by atomic mass is 19.4. The van der Waals surface area contributed by atoms with Crippen molar-refractivity contribution in [2.45, 2.75) is 6.18 Å². The number of pyridine rings is 1. The Morgan fingerprint density at radius 3 is 2.26 bits per heavy atom. The summed E-state index contributed by atoms with van der Waals surface area (Å²) in [6, 6.07) is 3.01. The molecule has 0 saturated carbocycles. The Morgan fingerprint density at radius 2 is 1.67 bits per heavy atom. The Bertz CT molecular complexity index is 1050. The molecular weight excluding hydrogens is 371 g/mol. The standard InChI is InChI=1S/C15H8F3N5O4/c16-15(17,18)11-3-8(22-23-11)10-5-19-4-9(20-10)7-2-1-6(13(24)25)12(21-7)14(26)27/h1-5H,(H,22,23)(H,24,25)(H,26,27). The van der Waals surface area contributed by atoms with Crippen LogP contribution in [0.1, 0.15) is 26.5 Å². The van der Waals surface area contributed by atoms with Crippen LogP contribution in [0.25, 0.3) is 22.8 Å². The molecular formula is C15H8F3N5O4. The van der Waals surface area contributed by atoms with Gasteiger partial charge in [0.2, 0.25) is 0 Å². The highest BCUT2D eigenvalue weighted by molar-refractivity contribution is 6.00. The molecule has 138 valence electrons. The molecule has 0 aliphatic carbocycles. The van der Waals surface area contributed by atoms with Crippen molar-refractivity contribution in [3.05, 3.63) is 47.5 Å². The molecule has 3 aromatic heterocycles. The first-order chi connectivity index (χ1) is 12.7. The van der Waals surface area contributed by atoms with E-state index in [2.05, 4.69) is 25.1 Å². The number of aromatic nitrogens is 5. The van der Waals surface area contributed by atoms with Crippen LogP contribution >= 0.6 is 0 Å². The summed E-state index contributed by atoms with van der Waals surface area (Å²) in [6.07, 6.45) is -2.25. The van der Waals surface area contributed by atoms with Gasteiger partial charge in [0.15, 0.2) is 11.4 Å². The number of aromatic amines is 1. The second-order valence-corrected chi connectivity index (χ2v) is 5.16. The van der Waals surface area contributed by atoms with Gasteiger partial charge in [-0.15, -0.1) is 0 Å². The highest BCUT2D eigenvalue weighted by Crippen LogP contribution is 2.30. The van der Waals surface area contributed by atoms with E-state index in [0.717, 1.165) is 12.1 Å². The fourth-order valence-electron chi connectivity index (χ4n) is 2.15. The van der Waals surface area contributed by atoms with E-state index in [-0.39, 0.29) is 22.8 Å². The van der Waals surface area contributed by atoms with Crippen LogP contribution in [0.4, 0.5) is 13.2 Å². The number of nitrogens with one attached hydrogen (secondary N) is 1. The highest BCUT2D eigenvalue weighted by Gasteiger charge is 2.34. The minimum absolute atomic E-state index is 0.0106. The van der Waals surface area contributed by atoms with Gasteiger partial charge in [-0.1, -0.05) is 0 Å². The van der Waals surface area contributed by atoms with Gasteiger partial charge in [-0.2, -0.15) is 18.3 Å². The first-order valence-corrected chi connectivity index (χ1v) is 7.10. The lowest BCUT2D eigenvalue weighted by molar-refractivity contribution is -0.141. The zero-order valence-corrected chi connectivity index (χ0v) is 13.0. The van der Waals surface area contributed by atoms with Crippen molar-refractivity contribution in [2.24, 2.45) is 0 Å². The molecule has 0 amide bonds. The van der Waals surface area contributed by atoms with Gasteiger partial charge < -0.3 is 10.2 Å². The molecule has 0 bridgehead atoms. The summed E-state index contributed by atoms with van der Waals surface area (Å²) < 4.78 is 38.0. The molecule has 0 unspecified atom stereocenters. The van der Waals surface area contributed by atoms with Gasteiger partial charge >= 0.3 is 18.1 Å². The van der Waals surface area contributed by atoms with E-state index in [1.807, 2.05) is 0 Å². The number of alkyl halides is 3. The maximum atomic E-state index is 12.7. The lowest BCUT2D eigenvalue weighted by atomic mass is 10.1. The van der Waals surface area contributed by atoms with E-state index in [1.54, 1.807) is 0 Å². The van der Waals surface area contributed by atoms with Gasteiger partial charge in [0.05, 0.1) is 29.3 Å². The van der Waals surface area contributed by atoms with Crippen molar-refractivity contribution in [1.29, 1.82) is 0 Å². The van der Waals surface area contributed by atoms with Gasteiger partial charge in [0.25, 0.3) is 0 Å². The van der Waals surface area contributed by atoms with Crippen LogP contribution in [0.2, 0.25) is 0 Å². The number of halogens is 3. The summed E-state index contributed by atoms with van der Waals surface area (Å²) >= 11 is 0. The Morgan fingerprint density at radius 1 is 0.963 bits per heavy atom. The van der Waals surface area contributed by atoms with Gasteiger partial charge in [-0.25, -0.2) is 19.6 Å². The number of carboxylic acids is 2. The van der Waals surface area contributed by atoms with Gasteiger partial charge in [-0.3, -0.25) is 10.1 Å². The van der Waals surface area contributed by atoms with Crippen molar-refractivity contribution in [3.63, 3.8) is 0 Å². The Balaban J connectivity index is 2.03. The normalized spacial score (nSPS) is 11.4. The average Bonchev–Trinajstić information content (AvgIpc) is 3.12. The molecule has 0 spiro atoms. The van der Waals surface area contributed by atoms with Crippen LogP contribution in [0, 0.1) is 0 Å². The second kappa shape index (κ2) is 6.48. The van der Waals surface area contributed by atoms with E-state index in [0.29, 0.717) is 0 Å². The number of hydrogen-bond donors (Lipinski definition) is 3. The predicted octanol–water partition coefficient (Wildman–Crippen LogP) is 2.34. The fourth-order valence-corrected chi connectivity index (χ4v) is 2.15. The van der Waals surface area contributed by atoms with E-state index >= 15 is 0 Å². The maximum Gasteiger partial charge on any atom is 0.435 e. The molecule has 3 aromatic rings. The van der Waals surface area contributed by atoms with Gasteiger partial charge in [0.1, 0.15) is 11.4 Å². The van der Waals surface area contributed by atoms with Gasteiger partial charge in [-0.05, 0) is 18.2 Å². The Kier molecular flexibility index (Phi) is 4.31. The predicted molar refractivity (Wildman–Crippen MR) is 81.8 cm³/mol. The quantitative estimate of drug-likeness (QED) is 0.627. The van der Waals surface area contributed by atoms with E-state index in [4.69, 9.17) is 10.2 Å². The summed E-state index contributed by atoms with van der Waals surface area (Å²) in [5, 5.41) is 23.5. The zero-order chi connectivity index (χ0) is 19.8. The monoisotopic (exact) mass is 379 g/mol. The maximum absolute atomic E-state index is 12.7. The van der Waals surface area contributed by atoms with Crippen LogP contribution in [0.15, 0.2) is 30.6 Å². The summed E-state index contributed by atoms with van der Waals surface area (Å²) in [4.78, 5) is 34.0. The third-order valence-electron chi connectivity index (χ3n) is 3.37. The number of hydrogen-bond acceptors (Lipinski definition) is 6.